The van der Waals surface area contributed by atoms with Gasteiger partial charge >= 0.3 is 0 Å². The summed E-state index contributed by atoms with van der Waals surface area (Å²) in [4.78, 5) is 7.33. The number of thioether (sulfide) groups is 2. The molecule has 3 nitrogen and oxygen atoms in total. The predicted molar refractivity (Wildman–Crippen MR) is 97.8 cm³/mol. The average molecular weight is 427 g/mol. The average Bonchev–Trinajstić information content (AvgIpc) is 2.46. The Balaban J connectivity index is 0.00000200. The molecule has 112 valence electrons. The summed E-state index contributed by atoms with van der Waals surface area (Å²) in [7, 11) is 0. The lowest BCUT2D eigenvalue weighted by Gasteiger charge is -2.27. The van der Waals surface area contributed by atoms with Crippen molar-refractivity contribution in [3.8, 4) is 0 Å². The molecule has 0 spiro atoms. The summed E-state index contributed by atoms with van der Waals surface area (Å²) in [6.45, 7) is 2.15. The van der Waals surface area contributed by atoms with E-state index in [2.05, 4.69) is 9.89 Å². The van der Waals surface area contributed by atoms with Crippen molar-refractivity contribution in [1.82, 2.24) is 4.90 Å². The predicted octanol–water partition coefficient (Wildman–Crippen LogP) is 3.03. The van der Waals surface area contributed by atoms with Gasteiger partial charge in [-0.25, -0.2) is 9.38 Å². The highest BCUT2D eigenvalue weighted by molar-refractivity contribution is 14.0. The molecule has 1 saturated heterocycles. The number of benzene rings is 1. The van der Waals surface area contributed by atoms with Gasteiger partial charge < -0.3 is 10.6 Å². The molecule has 2 rings (SSSR count). The highest BCUT2D eigenvalue weighted by Gasteiger charge is 2.13. The summed E-state index contributed by atoms with van der Waals surface area (Å²) in [6, 6.07) is 5.10. The van der Waals surface area contributed by atoms with Crippen LogP contribution in [0, 0.1) is 5.82 Å². The van der Waals surface area contributed by atoms with Gasteiger partial charge in [-0.1, -0.05) is 6.07 Å². The van der Waals surface area contributed by atoms with Crippen molar-refractivity contribution in [1.29, 1.82) is 0 Å². The van der Waals surface area contributed by atoms with E-state index in [1.165, 1.54) is 17.8 Å². The van der Waals surface area contributed by atoms with E-state index in [-0.39, 0.29) is 29.8 Å². The molecule has 1 aromatic rings. The Hall–Kier alpha value is -0.150. The van der Waals surface area contributed by atoms with Crippen LogP contribution in [0.2, 0.25) is 0 Å². The SMILES string of the molecule is CSc1cccc(F)c1CN=C(N)N1CCSCC1.I. The first kappa shape index (κ1) is 17.9. The molecule has 0 saturated carbocycles. The normalized spacial score (nSPS) is 15.9. The fraction of sp³-hybridized carbons (Fsp3) is 0.462. The number of rotatable bonds is 3. The van der Waals surface area contributed by atoms with Gasteiger partial charge in [0.15, 0.2) is 5.96 Å². The Labute approximate surface area is 145 Å². The van der Waals surface area contributed by atoms with Crippen molar-refractivity contribution in [3.63, 3.8) is 0 Å². The molecule has 1 fully saturated rings. The summed E-state index contributed by atoms with van der Waals surface area (Å²) in [5.41, 5.74) is 6.60. The van der Waals surface area contributed by atoms with E-state index < -0.39 is 0 Å². The van der Waals surface area contributed by atoms with Crippen molar-refractivity contribution in [2.75, 3.05) is 30.9 Å². The van der Waals surface area contributed by atoms with E-state index in [9.17, 15) is 4.39 Å². The molecule has 0 amide bonds. The van der Waals surface area contributed by atoms with Gasteiger partial charge in [-0.05, 0) is 18.4 Å². The molecule has 0 aliphatic carbocycles. The maximum absolute atomic E-state index is 13.8. The van der Waals surface area contributed by atoms with Gasteiger partial charge in [0, 0.05) is 35.1 Å². The molecule has 0 radical (unpaired) electrons. The highest BCUT2D eigenvalue weighted by atomic mass is 127. The molecule has 1 aliphatic heterocycles. The minimum atomic E-state index is -0.211. The van der Waals surface area contributed by atoms with Crippen LogP contribution in [-0.2, 0) is 6.54 Å². The quantitative estimate of drug-likeness (QED) is 0.349. The van der Waals surface area contributed by atoms with Crippen LogP contribution in [0.3, 0.4) is 0 Å². The molecule has 0 unspecified atom stereocenters. The number of hydrogen-bond acceptors (Lipinski definition) is 3. The zero-order valence-corrected chi connectivity index (χ0v) is 15.3. The van der Waals surface area contributed by atoms with E-state index in [0.717, 1.165) is 29.5 Å². The Morgan fingerprint density at radius 3 is 2.80 bits per heavy atom. The maximum atomic E-state index is 13.8. The summed E-state index contributed by atoms with van der Waals surface area (Å²) < 4.78 is 13.8. The molecular weight excluding hydrogens is 408 g/mol. The maximum Gasteiger partial charge on any atom is 0.191 e. The molecule has 0 aromatic heterocycles. The monoisotopic (exact) mass is 427 g/mol. The van der Waals surface area contributed by atoms with Gasteiger partial charge in [0.25, 0.3) is 0 Å². The van der Waals surface area contributed by atoms with Crippen LogP contribution >= 0.6 is 47.5 Å². The first-order chi connectivity index (χ1) is 9.22. The van der Waals surface area contributed by atoms with Crippen molar-refractivity contribution in [3.05, 3.63) is 29.6 Å². The molecule has 1 aliphatic rings. The van der Waals surface area contributed by atoms with Crippen molar-refractivity contribution in [2.24, 2.45) is 10.7 Å². The molecule has 1 aromatic carbocycles. The Morgan fingerprint density at radius 2 is 2.15 bits per heavy atom. The van der Waals surface area contributed by atoms with Gasteiger partial charge in [0.1, 0.15) is 5.82 Å². The lowest BCUT2D eigenvalue weighted by Crippen LogP contribution is -2.42. The molecule has 0 atom stereocenters. The summed E-state index contributed by atoms with van der Waals surface area (Å²) in [5, 5.41) is 0. The van der Waals surface area contributed by atoms with Gasteiger partial charge in [0.2, 0.25) is 0 Å². The third kappa shape index (κ3) is 4.70. The summed E-state index contributed by atoms with van der Waals surface area (Å²) in [5.74, 6) is 2.46. The van der Waals surface area contributed by atoms with Crippen LogP contribution in [0.1, 0.15) is 5.56 Å². The van der Waals surface area contributed by atoms with Crippen LogP contribution in [0.15, 0.2) is 28.1 Å². The topological polar surface area (TPSA) is 41.6 Å². The molecule has 7 heteroatoms. The fourth-order valence-electron chi connectivity index (χ4n) is 1.94. The van der Waals surface area contributed by atoms with E-state index in [4.69, 9.17) is 5.73 Å². The number of hydrogen-bond donors (Lipinski definition) is 1. The number of nitrogens with zero attached hydrogens (tertiary/aromatic N) is 2. The molecule has 2 N–H and O–H groups in total. The zero-order valence-electron chi connectivity index (χ0n) is 11.3. The molecule has 0 bridgehead atoms. The number of halogens is 2. The van der Waals surface area contributed by atoms with Crippen molar-refractivity contribution < 1.29 is 4.39 Å². The smallest absolute Gasteiger partial charge is 0.191 e. The Morgan fingerprint density at radius 1 is 1.45 bits per heavy atom. The van der Waals surface area contributed by atoms with Gasteiger partial charge in [-0.2, -0.15) is 11.8 Å². The van der Waals surface area contributed by atoms with Crippen LogP contribution < -0.4 is 5.73 Å². The van der Waals surface area contributed by atoms with Gasteiger partial charge in [-0.3, -0.25) is 0 Å². The lowest BCUT2D eigenvalue weighted by molar-refractivity contribution is 0.455. The minimum Gasteiger partial charge on any atom is -0.370 e. The summed E-state index contributed by atoms with van der Waals surface area (Å²) in [6.07, 6.45) is 1.94. The third-order valence-corrected chi connectivity index (χ3v) is 4.79. The van der Waals surface area contributed by atoms with Crippen molar-refractivity contribution >= 4 is 53.5 Å². The second kappa shape index (κ2) is 8.99. The Kier molecular flexibility index (Phi) is 8.04. The molecule has 20 heavy (non-hydrogen) atoms. The van der Waals surface area contributed by atoms with Gasteiger partial charge in [0.05, 0.1) is 6.54 Å². The first-order valence-corrected chi connectivity index (χ1v) is 8.54. The van der Waals surface area contributed by atoms with Crippen LogP contribution in [0.5, 0.6) is 0 Å². The molecular formula is C13H19FIN3S2. The minimum absolute atomic E-state index is 0. The third-order valence-electron chi connectivity index (χ3n) is 3.03. The lowest BCUT2D eigenvalue weighted by atomic mass is 10.2. The molecule has 1 heterocycles. The van der Waals surface area contributed by atoms with Crippen molar-refractivity contribution in [2.45, 2.75) is 11.4 Å². The van der Waals surface area contributed by atoms with E-state index in [0.29, 0.717) is 18.1 Å². The zero-order chi connectivity index (χ0) is 13.7. The fourth-order valence-corrected chi connectivity index (χ4v) is 3.46. The van der Waals surface area contributed by atoms with E-state index in [1.807, 2.05) is 24.1 Å². The van der Waals surface area contributed by atoms with Crippen LogP contribution in [0.4, 0.5) is 4.39 Å². The number of guanidine groups is 1. The van der Waals surface area contributed by atoms with E-state index >= 15 is 0 Å². The van der Waals surface area contributed by atoms with Crippen LogP contribution in [0.25, 0.3) is 0 Å². The second-order valence-electron chi connectivity index (χ2n) is 4.19. The largest absolute Gasteiger partial charge is 0.370 e. The standard InChI is InChI=1S/C13H18FN3S2.HI/c1-18-12-4-2-3-11(14)10(12)9-16-13(15)17-5-7-19-8-6-17;/h2-4H,5-9H2,1H3,(H2,15,16);1H. The van der Waals surface area contributed by atoms with Crippen LogP contribution in [-0.4, -0.2) is 41.7 Å². The second-order valence-corrected chi connectivity index (χ2v) is 6.27. The Bertz CT molecular complexity index is 465. The summed E-state index contributed by atoms with van der Waals surface area (Å²) >= 11 is 3.45. The van der Waals surface area contributed by atoms with E-state index in [1.54, 1.807) is 6.07 Å². The highest BCUT2D eigenvalue weighted by Crippen LogP contribution is 2.23. The van der Waals surface area contributed by atoms with Gasteiger partial charge in [-0.15, -0.1) is 35.7 Å². The first-order valence-electron chi connectivity index (χ1n) is 6.16. The number of aliphatic imine (C=N–C) groups is 1. The number of nitrogens with two attached hydrogens (primary N) is 1.